The number of Topliss-reactive ketones (excluding diaryl/α,β-unsaturated/α-hetero) is 2. The van der Waals surface area contributed by atoms with Gasteiger partial charge in [-0.3, -0.25) is 9.59 Å². The van der Waals surface area contributed by atoms with E-state index in [9.17, 15) is 9.59 Å². The Labute approximate surface area is 161 Å². The molecule has 0 spiro atoms. The lowest BCUT2D eigenvalue weighted by Gasteiger charge is -2.28. The van der Waals surface area contributed by atoms with E-state index < -0.39 is 0 Å². The summed E-state index contributed by atoms with van der Waals surface area (Å²) < 4.78 is 0. The van der Waals surface area contributed by atoms with Crippen LogP contribution in [0.15, 0.2) is 53.9 Å². The first-order valence-electron chi connectivity index (χ1n) is 8.46. The number of anilines is 1. The molecule has 0 bridgehead atoms. The van der Waals surface area contributed by atoms with Gasteiger partial charge in [0.25, 0.3) is 0 Å². The number of hydrogen-bond acceptors (Lipinski definition) is 4. The molecule has 2 aromatic rings. The Hall–Kier alpha value is -2.30. The van der Waals surface area contributed by atoms with Gasteiger partial charge >= 0.3 is 0 Å². The normalized spacial score (nSPS) is 16.9. The van der Waals surface area contributed by atoms with Crippen molar-refractivity contribution in [1.29, 1.82) is 0 Å². The number of ketones is 2. The molecule has 0 aromatic heterocycles. The Morgan fingerprint density at radius 3 is 2.15 bits per heavy atom. The second kappa shape index (κ2) is 6.78. The lowest BCUT2D eigenvalue weighted by Crippen LogP contribution is -2.35. The molecule has 2 aliphatic rings. The fourth-order valence-electron chi connectivity index (χ4n) is 3.44. The maximum absolute atomic E-state index is 13.1. The highest BCUT2D eigenvalue weighted by molar-refractivity contribution is 6.42. The zero-order valence-electron chi connectivity index (χ0n) is 13.9. The van der Waals surface area contributed by atoms with Gasteiger partial charge < -0.3 is 10.2 Å². The van der Waals surface area contributed by atoms with Crippen molar-refractivity contribution < 1.29 is 9.59 Å². The van der Waals surface area contributed by atoms with Gasteiger partial charge in [0.15, 0.2) is 0 Å². The van der Waals surface area contributed by atoms with E-state index in [2.05, 4.69) is 5.32 Å². The topological polar surface area (TPSA) is 49.4 Å². The summed E-state index contributed by atoms with van der Waals surface area (Å²) >= 11 is 12.1. The van der Waals surface area contributed by atoms with E-state index >= 15 is 0 Å². The number of halogens is 2. The summed E-state index contributed by atoms with van der Waals surface area (Å²) in [6.45, 7) is 1.53. The van der Waals surface area contributed by atoms with Crippen LogP contribution in [0.5, 0.6) is 0 Å². The van der Waals surface area contributed by atoms with Crippen molar-refractivity contribution >= 4 is 40.5 Å². The summed E-state index contributed by atoms with van der Waals surface area (Å²) in [5.41, 5.74) is 2.24. The van der Waals surface area contributed by atoms with Crippen LogP contribution in [0.1, 0.15) is 33.6 Å². The monoisotopic (exact) mass is 386 g/mol. The first-order valence-corrected chi connectivity index (χ1v) is 9.21. The van der Waals surface area contributed by atoms with Gasteiger partial charge in [0, 0.05) is 29.9 Å². The highest BCUT2D eigenvalue weighted by atomic mass is 35.5. The van der Waals surface area contributed by atoms with Crippen LogP contribution >= 0.6 is 23.2 Å². The summed E-state index contributed by atoms with van der Waals surface area (Å²) in [6, 6.07) is 12.0. The third-order valence-corrected chi connectivity index (χ3v) is 5.45. The quantitative estimate of drug-likeness (QED) is 0.823. The van der Waals surface area contributed by atoms with Crippen LogP contribution in [-0.4, -0.2) is 29.6 Å². The lowest BCUT2D eigenvalue weighted by molar-refractivity contribution is 0.0948. The molecule has 1 heterocycles. The summed E-state index contributed by atoms with van der Waals surface area (Å²) in [5.74, 6) is -0.308. The maximum atomic E-state index is 13.1. The standard InChI is InChI=1S/C20H16Cl2N2O2/c21-15-8-7-12(11-16(15)22)23-17-18(24-9-3-4-10-24)20(26)14-6-2-1-5-13(14)19(17)25/h1-2,5-8,11,23H,3-4,9-10H2. The number of likely N-dealkylation sites (tertiary alicyclic amines) is 1. The highest BCUT2D eigenvalue weighted by Gasteiger charge is 2.36. The molecule has 1 N–H and O–H groups in total. The van der Waals surface area contributed by atoms with E-state index in [0.29, 0.717) is 38.3 Å². The molecule has 0 saturated carbocycles. The van der Waals surface area contributed by atoms with E-state index in [1.54, 1.807) is 42.5 Å². The number of rotatable bonds is 3. The molecule has 0 radical (unpaired) electrons. The van der Waals surface area contributed by atoms with Gasteiger partial charge in [-0.05, 0) is 31.0 Å². The number of hydrogen-bond donors (Lipinski definition) is 1. The van der Waals surface area contributed by atoms with Gasteiger partial charge in [-0.2, -0.15) is 0 Å². The van der Waals surface area contributed by atoms with Crippen molar-refractivity contribution in [3.63, 3.8) is 0 Å². The van der Waals surface area contributed by atoms with Crippen LogP contribution in [0.25, 0.3) is 0 Å². The van der Waals surface area contributed by atoms with Gasteiger partial charge in [0.05, 0.1) is 10.0 Å². The van der Waals surface area contributed by atoms with E-state index in [-0.39, 0.29) is 11.6 Å². The minimum atomic E-state index is -0.187. The fraction of sp³-hybridized carbons (Fsp3) is 0.200. The molecule has 0 amide bonds. The molecule has 0 unspecified atom stereocenters. The van der Waals surface area contributed by atoms with Crippen molar-refractivity contribution in [2.45, 2.75) is 12.8 Å². The number of carbonyl (C=O) groups is 2. The second-order valence-electron chi connectivity index (χ2n) is 6.38. The molecule has 2 aromatic carbocycles. The third kappa shape index (κ3) is 2.89. The van der Waals surface area contributed by atoms with Crippen LogP contribution in [0.4, 0.5) is 5.69 Å². The van der Waals surface area contributed by atoms with Crippen molar-refractivity contribution in [3.8, 4) is 0 Å². The predicted molar refractivity (Wildman–Crippen MR) is 103 cm³/mol. The van der Waals surface area contributed by atoms with Crippen molar-refractivity contribution in [3.05, 3.63) is 75.0 Å². The minimum absolute atomic E-state index is 0.121. The van der Waals surface area contributed by atoms with Crippen LogP contribution in [0.2, 0.25) is 10.0 Å². The van der Waals surface area contributed by atoms with Crippen LogP contribution in [0.3, 0.4) is 0 Å². The molecule has 1 saturated heterocycles. The maximum Gasteiger partial charge on any atom is 0.212 e. The average Bonchev–Trinajstić information content (AvgIpc) is 3.17. The molecule has 1 aliphatic carbocycles. The zero-order valence-corrected chi connectivity index (χ0v) is 15.4. The Morgan fingerprint density at radius 2 is 1.50 bits per heavy atom. The summed E-state index contributed by atoms with van der Waals surface area (Å²) in [5, 5.41) is 3.94. The number of nitrogens with zero attached hydrogens (tertiary/aromatic N) is 1. The number of nitrogens with one attached hydrogen (secondary N) is 1. The Morgan fingerprint density at radius 1 is 0.846 bits per heavy atom. The minimum Gasteiger partial charge on any atom is -0.367 e. The van der Waals surface area contributed by atoms with Gasteiger partial charge in [0.2, 0.25) is 11.6 Å². The number of carbonyl (C=O) groups excluding carboxylic acids is 2. The van der Waals surface area contributed by atoms with E-state index in [0.717, 1.165) is 25.9 Å². The van der Waals surface area contributed by atoms with Crippen LogP contribution < -0.4 is 5.32 Å². The first kappa shape index (κ1) is 17.1. The molecule has 132 valence electrons. The lowest BCUT2D eigenvalue weighted by atomic mass is 9.89. The summed E-state index contributed by atoms with van der Waals surface area (Å²) in [4.78, 5) is 28.3. The molecule has 6 heteroatoms. The van der Waals surface area contributed by atoms with Crippen molar-refractivity contribution in [2.75, 3.05) is 18.4 Å². The third-order valence-electron chi connectivity index (χ3n) is 4.71. The smallest absolute Gasteiger partial charge is 0.212 e. The van der Waals surface area contributed by atoms with E-state index in [1.165, 1.54) is 0 Å². The molecule has 1 aliphatic heterocycles. The van der Waals surface area contributed by atoms with Gasteiger partial charge in [-0.15, -0.1) is 0 Å². The molecular formula is C20H16Cl2N2O2. The number of allylic oxidation sites excluding steroid dienone is 2. The summed E-state index contributed by atoms with van der Waals surface area (Å²) in [7, 11) is 0. The molecular weight excluding hydrogens is 371 g/mol. The Balaban J connectivity index is 1.83. The van der Waals surface area contributed by atoms with Crippen molar-refractivity contribution in [1.82, 2.24) is 4.90 Å². The van der Waals surface area contributed by atoms with Crippen LogP contribution in [-0.2, 0) is 0 Å². The summed E-state index contributed by atoms with van der Waals surface area (Å²) in [6.07, 6.45) is 2.01. The highest BCUT2D eigenvalue weighted by Crippen LogP contribution is 2.32. The number of benzene rings is 2. The van der Waals surface area contributed by atoms with Gasteiger partial charge in [-0.25, -0.2) is 0 Å². The Kier molecular flexibility index (Phi) is 4.47. The number of fused-ring (bicyclic) bond motifs is 1. The molecule has 0 atom stereocenters. The predicted octanol–water partition coefficient (Wildman–Crippen LogP) is 4.79. The Bertz CT molecular complexity index is 947. The largest absolute Gasteiger partial charge is 0.367 e. The second-order valence-corrected chi connectivity index (χ2v) is 7.19. The first-order chi connectivity index (χ1) is 12.6. The molecule has 4 nitrogen and oxygen atoms in total. The van der Waals surface area contributed by atoms with Gasteiger partial charge in [0.1, 0.15) is 11.4 Å². The fourth-order valence-corrected chi connectivity index (χ4v) is 3.74. The van der Waals surface area contributed by atoms with Crippen molar-refractivity contribution in [2.24, 2.45) is 0 Å². The van der Waals surface area contributed by atoms with E-state index in [4.69, 9.17) is 23.2 Å². The van der Waals surface area contributed by atoms with E-state index in [1.807, 2.05) is 4.90 Å². The molecule has 4 rings (SSSR count). The van der Waals surface area contributed by atoms with Crippen LogP contribution in [0, 0.1) is 0 Å². The molecule has 1 fully saturated rings. The molecule has 26 heavy (non-hydrogen) atoms. The zero-order chi connectivity index (χ0) is 18.3. The SMILES string of the molecule is O=C1C(Nc2ccc(Cl)c(Cl)c2)=C(N2CCCC2)C(=O)c2ccccc21. The van der Waals surface area contributed by atoms with Gasteiger partial charge in [-0.1, -0.05) is 47.5 Å². The average molecular weight is 387 g/mol.